The second kappa shape index (κ2) is 4.46. The molecular formula is C10H9F2N3O2. The lowest BCUT2D eigenvalue weighted by molar-refractivity contribution is 0.293. The normalized spacial score (nSPS) is 10.8. The van der Waals surface area contributed by atoms with Crippen molar-refractivity contribution in [1.29, 1.82) is 0 Å². The number of aliphatic hydroxyl groups excluding tert-OH is 1. The summed E-state index contributed by atoms with van der Waals surface area (Å²) in [5, 5.41) is 12.2. The predicted octanol–water partition coefficient (Wildman–Crippen LogP) is 1.13. The van der Waals surface area contributed by atoms with Crippen LogP contribution in [0.3, 0.4) is 0 Å². The molecule has 0 atom stereocenters. The Bertz CT molecular complexity index is 542. The monoisotopic (exact) mass is 241 g/mol. The smallest absolute Gasteiger partial charge is 0.260 e. The van der Waals surface area contributed by atoms with Crippen molar-refractivity contribution >= 4 is 5.69 Å². The number of anilines is 1. The van der Waals surface area contributed by atoms with Gasteiger partial charge in [0.2, 0.25) is 0 Å². The molecule has 1 aromatic heterocycles. The number of nitrogens with zero attached hydrogens (tertiary/aromatic N) is 2. The Morgan fingerprint density at radius 2 is 2.06 bits per heavy atom. The number of hydrogen-bond acceptors (Lipinski definition) is 5. The standard InChI is InChI=1S/C10H9F2N3O2/c11-6-4-7(12)8(13)3-5(6)10-14-9(1-2-16)15-17-10/h3-4,16H,1-2,13H2. The molecule has 2 aromatic rings. The van der Waals surface area contributed by atoms with E-state index in [4.69, 9.17) is 15.4 Å². The van der Waals surface area contributed by atoms with Crippen molar-refractivity contribution in [2.75, 3.05) is 12.3 Å². The van der Waals surface area contributed by atoms with Crippen LogP contribution in [0.5, 0.6) is 0 Å². The van der Waals surface area contributed by atoms with Crippen LogP contribution in [0.1, 0.15) is 5.82 Å². The molecule has 0 aliphatic heterocycles. The topological polar surface area (TPSA) is 85.2 Å². The van der Waals surface area contributed by atoms with Crippen molar-refractivity contribution in [3.8, 4) is 11.5 Å². The Kier molecular flexibility index (Phi) is 3.01. The van der Waals surface area contributed by atoms with E-state index >= 15 is 0 Å². The summed E-state index contributed by atoms with van der Waals surface area (Å²) in [7, 11) is 0. The molecule has 0 amide bonds. The van der Waals surface area contributed by atoms with Gasteiger partial charge in [0.05, 0.1) is 17.9 Å². The Morgan fingerprint density at radius 3 is 2.76 bits per heavy atom. The van der Waals surface area contributed by atoms with Crippen LogP contribution >= 0.6 is 0 Å². The number of halogens is 2. The number of aromatic nitrogens is 2. The van der Waals surface area contributed by atoms with Gasteiger partial charge in [-0.25, -0.2) is 8.78 Å². The molecule has 0 fully saturated rings. The zero-order chi connectivity index (χ0) is 12.4. The minimum absolute atomic E-state index is 0.0689. The average molecular weight is 241 g/mol. The van der Waals surface area contributed by atoms with E-state index in [-0.39, 0.29) is 36.0 Å². The van der Waals surface area contributed by atoms with E-state index in [1.807, 2.05) is 0 Å². The molecule has 3 N–H and O–H groups in total. The van der Waals surface area contributed by atoms with Crippen LogP contribution in [0, 0.1) is 11.6 Å². The highest BCUT2D eigenvalue weighted by atomic mass is 19.1. The highest BCUT2D eigenvalue weighted by Gasteiger charge is 2.15. The maximum absolute atomic E-state index is 13.4. The third-order valence-corrected chi connectivity index (χ3v) is 2.12. The molecule has 0 aliphatic rings. The molecule has 1 heterocycles. The fourth-order valence-corrected chi connectivity index (χ4v) is 1.29. The first kappa shape index (κ1) is 11.5. The van der Waals surface area contributed by atoms with Gasteiger partial charge in [0.15, 0.2) is 5.82 Å². The molecular weight excluding hydrogens is 232 g/mol. The molecule has 5 nitrogen and oxygen atoms in total. The lowest BCUT2D eigenvalue weighted by Gasteiger charge is -2.00. The number of aliphatic hydroxyl groups is 1. The Balaban J connectivity index is 2.41. The molecule has 0 aliphatic carbocycles. The van der Waals surface area contributed by atoms with Gasteiger partial charge in [0.1, 0.15) is 11.6 Å². The molecule has 1 aromatic carbocycles. The summed E-state index contributed by atoms with van der Waals surface area (Å²) < 4.78 is 31.2. The van der Waals surface area contributed by atoms with Crippen LogP contribution in [-0.4, -0.2) is 21.9 Å². The van der Waals surface area contributed by atoms with Gasteiger partial charge in [0.25, 0.3) is 5.89 Å². The van der Waals surface area contributed by atoms with Crippen LogP contribution in [-0.2, 0) is 6.42 Å². The summed E-state index contributed by atoms with van der Waals surface area (Å²) in [6, 6.07) is 1.74. The van der Waals surface area contributed by atoms with Gasteiger partial charge in [-0.05, 0) is 6.07 Å². The third kappa shape index (κ3) is 2.23. The maximum Gasteiger partial charge on any atom is 0.260 e. The quantitative estimate of drug-likeness (QED) is 0.787. The van der Waals surface area contributed by atoms with Gasteiger partial charge in [-0.1, -0.05) is 5.16 Å². The summed E-state index contributed by atoms with van der Waals surface area (Å²) in [5.41, 5.74) is 5.05. The zero-order valence-corrected chi connectivity index (χ0v) is 8.65. The zero-order valence-electron chi connectivity index (χ0n) is 8.65. The van der Waals surface area contributed by atoms with Crippen LogP contribution in [0.4, 0.5) is 14.5 Å². The van der Waals surface area contributed by atoms with Crippen LogP contribution in [0.2, 0.25) is 0 Å². The molecule has 0 radical (unpaired) electrons. The summed E-state index contributed by atoms with van der Waals surface area (Å²) in [4.78, 5) is 3.85. The van der Waals surface area contributed by atoms with Crippen LogP contribution in [0.15, 0.2) is 16.7 Å². The molecule has 90 valence electrons. The molecule has 17 heavy (non-hydrogen) atoms. The summed E-state index contributed by atoms with van der Waals surface area (Å²) in [6.45, 7) is -0.146. The first-order valence-electron chi connectivity index (χ1n) is 4.80. The molecule has 0 bridgehead atoms. The largest absolute Gasteiger partial charge is 0.396 e. The lowest BCUT2D eigenvalue weighted by atomic mass is 10.2. The average Bonchev–Trinajstić information content (AvgIpc) is 2.72. The number of rotatable bonds is 3. The number of benzene rings is 1. The Morgan fingerprint density at radius 1 is 1.29 bits per heavy atom. The summed E-state index contributed by atoms with van der Waals surface area (Å²) in [5.74, 6) is -1.54. The highest BCUT2D eigenvalue weighted by Crippen LogP contribution is 2.25. The van der Waals surface area contributed by atoms with E-state index in [1.54, 1.807) is 0 Å². The van der Waals surface area contributed by atoms with E-state index in [0.717, 1.165) is 6.07 Å². The minimum Gasteiger partial charge on any atom is -0.396 e. The van der Waals surface area contributed by atoms with Crippen molar-refractivity contribution in [1.82, 2.24) is 10.1 Å². The van der Waals surface area contributed by atoms with Gasteiger partial charge in [-0.3, -0.25) is 0 Å². The molecule has 0 saturated heterocycles. The SMILES string of the molecule is Nc1cc(-c2nc(CCO)no2)c(F)cc1F. The predicted molar refractivity (Wildman–Crippen MR) is 54.9 cm³/mol. The third-order valence-electron chi connectivity index (χ3n) is 2.12. The van der Waals surface area contributed by atoms with Crippen molar-refractivity contribution in [3.05, 3.63) is 29.6 Å². The van der Waals surface area contributed by atoms with E-state index in [9.17, 15) is 8.78 Å². The molecule has 0 spiro atoms. The molecule has 2 rings (SSSR count). The minimum atomic E-state index is -0.846. The van der Waals surface area contributed by atoms with Gasteiger partial charge in [-0.15, -0.1) is 0 Å². The number of nitrogens with two attached hydrogens (primary N) is 1. The van der Waals surface area contributed by atoms with Crippen molar-refractivity contribution in [2.45, 2.75) is 6.42 Å². The van der Waals surface area contributed by atoms with Gasteiger partial charge in [0, 0.05) is 12.5 Å². The fourth-order valence-electron chi connectivity index (χ4n) is 1.29. The Labute approximate surface area is 94.9 Å². The van der Waals surface area contributed by atoms with Gasteiger partial charge in [-0.2, -0.15) is 4.98 Å². The van der Waals surface area contributed by atoms with Crippen molar-refractivity contribution in [2.24, 2.45) is 0 Å². The number of hydrogen-bond donors (Lipinski definition) is 2. The summed E-state index contributed by atoms with van der Waals surface area (Å²) in [6.07, 6.45) is 0.196. The molecule has 0 unspecified atom stereocenters. The highest BCUT2D eigenvalue weighted by molar-refractivity contribution is 5.61. The second-order valence-corrected chi connectivity index (χ2v) is 3.34. The van der Waals surface area contributed by atoms with Crippen LogP contribution < -0.4 is 5.73 Å². The van der Waals surface area contributed by atoms with Gasteiger partial charge < -0.3 is 15.4 Å². The van der Waals surface area contributed by atoms with Crippen molar-refractivity contribution < 1.29 is 18.4 Å². The molecule has 0 saturated carbocycles. The number of nitrogen functional groups attached to an aromatic ring is 1. The van der Waals surface area contributed by atoms with E-state index < -0.39 is 11.6 Å². The summed E-state index contributed by atoms with van der Waals surface area (Å²) >= 11 is 0. The Hall–Kier alpha value is -2.02. The molecule has 7 heteroatoms. The van der Waals surface area contributed by atoms with E-state index in [1.165, 1.54) is 0 Å². The van der Waals surface area contributed by atoms with Crippen LogP contribution in [0.25, 0.3) is 11.5 Å². The van der Waals surface area contributed by atoms with Gasteiger partial charge >= 0.3 is 0 Å². The first-order chi connectivity index (χ1) is 8.11. The fraction of sp³-hybridized carbons (Fsp3) is 0.200. The maximum atomic E-state index is 13.4. The van der Waals surface area contributed by atoms with Crippen molar-refractivity contribution in [3.63, 3.8) is 0 Å². The van der Waals surface area contributed by atoms with E-state index in [0.29, 0.717) is 6.07 Å². The lowest BCUT2D eigenvalue weighted by Crippen LogP contribution is -1.95. The second-order valence-electron chi connectivity index (χ2n) is 3.34. The van der Waals surface area contributed by atoms with E-state index in [2.05, 4.69) is 10.1 Å². The first-order valence-corrected chi connectivity index (χ1v) is 4.80.